The fraction of sp³-hybridized carbons (Fsp3) is 0.308. The fourth-order valence-corrected chi connectivity index (χ4v) is 4.89. The second-order valence-corrected chi connectivity index (χ2v) is 8.73. The number of hydrogen-bond acceptors (Lipinski definition) is 5. The summed E-state index contributed by atoms with van der Waals surface area (Å²) in [5.41, 5.74) is 0.803. The van der Waals surface area contributed by atoms with E-state index in [9.17, 15) is 9.59 Å². The molecule has 0 bridgehead atoms. The van der Waals surface area contributed by atoms with Gasteiger partial charge < -0.3 is 15.0 Å². The number of nitrogens with zero attached hydrogens (tertiary/aromatic N) is 3. The van der Waals surface area contributed by atoms with Crippen molar-refractivity contribution < 1.29 is 14.3 Å². The van der Waals surface area contributed by atoms with E-state index in [4.69, 9.17) is 4.74 Å². The number of urea groups is 1. The number of para-hydroxylation sites is 2. The van der Waals surface area contributed by atoms with E-state index >= 15 is 0 Å². The molecule has 33 heavy (non-hydrogen) atoms. The smallest absolute Gasteiger partial charge is 0.326 e. The summed E-state index contributed by atoms with van der Waals surface area (Å²) in [7, 11) is 1.68. The number of carbonyl (C=O) groups excluding carboxylic acids is 2. The van der Waals surface area contributed by atoms with E-state index < -0.39 is 5.54 Å². The fourth-order valence-electron chi connectivity index (χ4n) is 4.89. The van der Waals surface area contributed by atoms with Crippen LogP contribution in [0.25, 0.3) is 10.8 Å². The highest BCUT2D eigenvalue weighted by atomic mass is 16.5. The van der Waals surface area contributed by atoms with E-state index in [0.717, 1.165) is 54.0 Å². The van der Waals surface area contributed by atoms with Crippen molar-refractivity contribution in [3.05, 3.63) is 72.3 Å². The monoisotopic (exact) mass is 444 g/mol. The average molecular weight is 445 g/mol. The van der Waals surface area contributed by atoms with E-state index in [0.29, 0.717) is 0 Å². The molecule has 5 rings (SSSR count). The van der Waals surface area contributed by atoms with Crippen LogP contribution in [0.15, 0.2) is 66.7 Å². The normalized spacial score (nSPS) is 21.5. The Morgan fingerprint density at radius 3 is 2.39 bits per heavy atom. The molecule has 0 radical (unpaired) electrons. The van der Waals surface area contributed by atoms with Crippen molar-refractivity contribution in [2.75, 3.05) is 44.9 Å². The maximum absolute atomic E-state index is 13.5. The highest BCUT2D eigenvalue weighted by molar-refractivity contribution is 6.09. The van der Waals surface area contributed by atoms with Gasteiger partial charge >= 0.3 is 6.03 Å². The van der Waals surface area contributed by atoms with Gasteiger partial charge in [0.25, 0.3) is 5.91 Å². The maximum atomic E-state index is 13.5. The van der Waals surface area contributed by atoms with E-state index in [1.807, 2.05) is 60.7 Å². The van der Waals surface area contributed by atoms with E-state index in [1.165, 1.54) is 4.90 Å². The molecule has 0 saturated carbocycles. The van der Waals surface area contributed by atoms with Crippen LogP contribution in [0.5, 0.6) is 5.75 Å². The number of rotatable bonds is 5. The third-order valence-corrected chi connectivity index (χ3v) is 6.74. The number of imide groups is 1. The summed E-state index contributed by atoms with van der Waals surface area (Å²) in [4.78, 5) is 32.2. The van der Waals surface area contributed by atoms with Gasteiger partial charge in [-0.15, -0.1) is 0 Å². The lowest BCUT2D eigenvalue weighted by Crippen LogP contribution is -2.51. The molecule has 2 heterocycles. The summed E-state index contributed by atoms with van der Waals surface area (Å²) in [5.74, 6) is 0.641. The average Bonchev–Trinajstić information content (AvgIpc) is 3.07. The van der Waals surface area contributed by atoms with Crippen molar-refractivity contribution in [1.29, 1.82) is 0 Å². The molecular weight excluding hydrogens is 416 g/mol. The Kier molecular flexibility index (Phi) is 5.42. The van der Waals surface area contributed by atoms with Crippen LogP contribution in [0.2, 0.25) is 0 Å². The van der Waals surface area contributed by atoms with Crippen LogP contribution in [0.1, 0.15) is 12.5 Å². The van der Waals surface area contributed by atoms with Crippen molar-refractivity contribution in [3.63, 3.8) is 0 Å². The Bertz CT molecular complexity index is 1200. The van der Waals surface area contributed by atoms with Gasteiger partial charge in [-0.1, -0.05) is 54.6 Å². The number of nitrogens with one attached hydrogen (secondary N) is 1. The minimum atomic E-state index is -1.09. The molecule has 3 aromatic carbocycles. The van der Waals surface area contributed by atoms with Gasteiger partial charge in [-0.25, -0.2) is 9.69 Å². The molecule has 0 unspecified atom stereocenters. The molecule has 1 atom stereocenters. The highest BCUT2D eigenvalue weighted by Gasteiger charge is 2.50. The third-order valence-electron chi connectivity index (χ3n) is 6.74. The molecule has 3 amide bonds. The quantitative estimate of drug-likeness (QED) is 0.611. The Morgan fingerprint density at radius 1 is 0.909 bits per heavy atom. The van der Waals surface area contributed by atoms with Crippen LogP contribution < -0.4 is 15.0 Å². The zero-order valence-electron chi connectivity index (χ0n) is 19.0. The number of piperazine rings is 1. The van der Waals surface area contributed by atoms with Crippen molar-refractivity contribution in [1.82, 2.24) is 15.1 Å². The molecule has 7 nitrogen and oxygen atoms in total. The largest absolute Gasteiger partial charge is 0.495 e. The second kappa shape index (κ2) is 8.41. The number of methoxy groups -OCH3 is 1. The maximum Gasteiger partial charge on any atom is 0.326 e. The van der Waals surface area contributed by atoms with Gasteiger partial charge in [0.05, 0.1) is 19.5 Å². The number of ether oxygens (including phenoxy) is 1. The predicted octanol–water partition coefficient (Wildman–Crippen LogP) is 3.40. The minimum Gasteiger partial charge on any atom is -0.495 e. The second-order valence-electron chi connectivity index (χ2n) is 8.73. The van der Waals surface area contributed by atoms with Gasteiger partial charge in [-0.05, 0) is 35.4 Å². The van der Waals surface area contributed by atoms with E-state index in [1.54, 1.807) is 14.0 Å². The number of anilines is 1. The lowest BCUT2D eigenvalue weighted by atomic mass is 9.88. The first-order valence-electron chi connectivity index (χ1n) is 11.2. The Labute approximate surface area is 193 Å². The van der Waals surface area contributed by atoms with Crippen molar-refractivity contribution in [2.24, 2.45) is 0 Å². The number of carbonyl (C=O) groups is 2. The van der Waals surface area contributed by atoms with Gasteiger partial charge in [-0.3, -0.25) is 9.69 Å². The Hall–Kier alpha value is -3.58. The Balaban J connectivity index is 1.30. The standard InChI is InChI=1S/C26H28N4O3/c1-26(21-11-7-9-19-8-3-4-10-20(19)21)24(31)30(25(32)27-26)18-28-14-16-29(17-15-28)22-12-5-6-13-23(22)33-2/h3-13H,14-18H2,1-2H3,(H,27,32)/t26-/m0/s1. The number of benzene rings is 3. The molecule has 0 aromatic heterocycles. The van der Waals surface area contributed by atoms with Crippen molar-refractivity contribution >= 4 is 28.4 Å². The predicted molar refractivity (Wildman–Crippen MR) is 128 cm³/mol. The van der Waals surface area contributed by atoms with Crippen molar-refractivity contribution in [3.8, 4) is 5.75 Å². The first-order valence-corrected chi connectivity index (χ1v) is 11.2. The third kappa shape index (κ3) is 3.68. The first-order chi connectivity index (χ1) is 16.0. The summed E-state index contributed by atoms with van der Waals surface area (Å²) >= 11 is 0. The molecule has 0 aliphatic carbocycles. The summed E-state index contributed by atoms with van der Waals surface area (Å²) in [6.07, 6.45) is 0. The van der Waals surface area contributed by atoms with E-state index in [-0.39, 0.29) is 18.6 Å². The van der Waals surface area contributed by atoms with Gasteiger partial charge in [0.1, 0.15) is 11.3 Å². The lowest BCUT2D eigenvalue weighted by Gasteiger charge is -2.37. The van der Waals surface area contributed by atoms with Gasteiger partial charge in [0.2, 0.25) is 0 Å². The number of hydrogen-bond donors (Lipinski definition) is 1. The number of amides is 3. The summed E-state index contributed by atoms with van der Waals surface area (Å²) in [6, 6.07) is 21.5. The van der Waals surface area contributed by atoms with Crippen LogP contribution in [-0.2, 0) is 10.3 Å². The molecule has 2 fully saturated rings. The molecule has 2 aliphatic heterocycles. The van der Waals surface area contributed by atoms with Crippen LogP contribution in [0, 0.1) is 0 Å². The Morgan fingerprint density at radius 2 is 1.61 bits per heavy atom. The van der Waals surface area contributed by atoms with Gasteiger partial charge in [0, 0.05) is 26.2 Å². The molecule has 2 aliphatic rings. The topological polar surface area (TPSA) is 65.1 Å². The van der Waals surface area contributed by atoms with Crippen LogP contribution in [0.3, 0.4) is 0 Å². The van der Waals surface area contributed by atoms with Crippen molar-refractivity contribution in [2.45, 2.75) is 12.5 Å². The molecule has 3 aromatic rings. The summed E-state index contributed by atoms with van der Waals surface area (Å²) in [6.45, 7) is 5.18. The molecular formula is C26H28N4O3. The SMILES string of the molecule is COc1ccccc1N1CCN(CN2C(=O)N[C@@](C)(c3cccc4ccccc34)C2=O)CC1. The molecule has 2 saturated heterocycles. The zero-order chi connectivity index (χ0) is 23.0. The summed E-state index contributed by atoms with van der Waals surface area (Å²) in [5, 5.41) is 4.98. The summed E-state index contributed by atoms with van der Waals surface area (Å²) < 4.78 is 5.50. The molecule has 7 heteroatoms. The van der Waals surface area contributed by atoms with Gasteiger partial charge in [-0.2, -0.15) is 0 Å². The molecule has 1 N–H and O–H groups in total. The van der Waals surface area contributed by atoms with Crippen LogP contribution in [0.4, 0.5) is 10.5 Å². The lowest BCUT2D eigenvalue weighted by molar-refractivity contribution is -0.132. The van der Waals surface area contributed by atoms with E-state index in [2.05, 4.69) is 21.2 Å². The molecule has 170 valence electrons. The minimum absolute atomic E-state index is 0.212. The van der Waals surface area contributed by atoms with Gasteiger partial charge in [0.15, 0.2) is 0 Å². The molecule has 0 spiro atoms. The van der Waals surface area contributed by atoms with Crippen LogP contribution in [-0.4, -0.2) is 61.7 Å². The number of fused-ring (bicyclic) bond motifs is 1. The van der Waals surface area contributed by atoms with Crippen LogP contribution >= 0.6 is 0 Å². The zero-order valence-corrected chi connectivity index (χ0v) is 19.0. The highest BCUT2D eigenvalue weighted by Crippen LogP contribution is 2.34. The first kappa shape index (κ1) is 21.3.